The van der Waals surface area contributed by atoms with Gasteiger partial charge in [-0.1, -0.05) is 0 Å². The van der Waals surface area contributed by atoms with Gasteiger partial charge >= 0.3 is 0 Å². The minimum Gasteiger partial charge on any atom is -0.478 e. The van der Waals surface area contributed by atoms with Crippen molar-refractivity contribution in [2.24, 2.45) is 5.73 Å². The van der Waals surface area contributed by atoms with Crippen molar-refractivity contribution < 1.29 is 23.1 Å². The van der Waals surface area contributed by atoms with Crippen LogP contribution < -0.4 is 15.8 Å². The highest BCUT2D eigenvalue weighted by Gasteiger charge is 2.17. The van der Waals surface area contributed by atoms with E-state index < -0.39 is 29.6 Å². The minimum absolute atomic E-state index is 0.224. The molecule has 5 nitrogen and oxygen atoms in total. The molecule has 0 heterocycles. The molecule has 2 aromatic rings. The first kappa shape index (κ1) is 16.4. The fourth-order valence-electron chi connectivity index (χ4n) is 1.78. The first-order chi connectivity index (χ1) is 10.9. The van der Waals surface area contributed by atoms with Crippen LogP contribution in [-0.2, 0) is 4.79 Å². The van der Waals surface area contributed by atoms with Crippen LogP contribution in [0, 0.1) is 11.6 Å². The lowest BCUT2D eigenvalue weighted by Gasteiger charge is -2.15. The quantitative estimate of drug-likeness (QED) is 0.888. The lowest BCUT2D eigenvalue weighted by molar-refractivity contribution is -0.122. The molecule has 1 atom stereocenters. The molecule has 0 aliphatic rings. The largest absolute Gasteiger partial charge is 0.478 e. The van der Waals surface area contributed by atoms with E-state index in [0.717, 1.165) is 12.1 Å². The summed E-state index contributed by atoms with van der Waals surface area (Å²) in [5.74, 6) is -2.96. The number of rotatable bonds is 5. The summed E-state index contributed by atoms with van der Waals surface area (Å²) < 4.78 is 31.5. The van der Waals surface area contributed by atoms with Crippen molar-refractivity contribution in [1.29, 1.82) is 0 Å². The highest BCUT2D eigenvalue weighted by Crippen LogP contribution is 2.19. The summed E-state index contributed by atoms with van der Waals surface area (Å²) in [6.45, 7) is 1.43. The lowest BCUT2D eigenvalue weighted by Crippen LogP contribution is -2.30. The zero-order valence-corrected chi connectivity index (χ0v) is 12.2. The molecule has 0 saturated carbocycles. The third kappa shape index (κ3) is 4.26. The number of nitrogens with two attached hydrogens (primary N) is 1. The van der Waals surface area contributed by atoms with Crippen molar-refractivity contribution in [1.82, 2.24) is 0 Å². The van der Waals surface area contributed by atoms with Crippen molar-refractivity contribution in [3.63, 3.8) is 0 Å². The molecule has 23 heavy (non-hydrogen) atoms. The smallest absolute Gasteiger partial charge is 0.265 e. The topological polar surface area (TPSA) is 81.4 Å². The van der Waals surface area contributed by atoms with E-state index in [2.05, 4.69) is 5.32 Å². The molecule has 0 fully saturated rings. The Hall–Kier alpha value is -2.96. The van der Waals surface area contributed by atoms with E-state index in [1.807, 2.05) is 0 Å². The maximum absolute atomic E-state index is 13.5. The summed E-state index contributed by atoms with van der Waals surface area (Å²) >= 11 is 0. The molecule has 7 heteroatoms. The maximum Gasteiger partial charge on any atom is 0.265 e. The summed E-state index contributed by atoms with van der Waals surface area (Å²) in [5, 5.41) is 2.55. The van der Waals surface area contributed by atoms with Gasteiger partial charge < -0.3 is 15.8 Å². The Morgan fingerprint density at radius 1 is 1.13 bits per heavy atom. The van der Waals surface area contributed by atoms with E-state index in [-0.39, 0.29) is 5.75 Å². The minimum atomic E-state index is -1.01. The van der Waals surface area contributed by atoms with E-state index in [0.29, 0.717) is 17.3 Å². The number of amides is 2. The molecule has 0 saturated heterocycles. The van der Waals surface area contributed by atoms with Gasteiger partial charge in [0.2, 0.25) is 5.91 Å². The molecule has 2 amide bonds. The molecule has 2 rings (SSSR count). The van der Waals surface area contributed by atoms with Crippen LogP contribution >= 0.6 is 0 Å². The third-order valence-electron chi connectivity index (χ3n) is 3.00. The van der Waals surface area contributed by atoms with Crippen molar-refractivity contribution in [3.8, 4) is 5.75 Å². The number of ether oxygens (including phenoxy) is 1. The van der Waals surface area contributed by atoms with Gasteiger partial charge in [0.1, 0.15) is 5.82 Å². The van der Waals surface area contributed by atoms with Crippen LogP contribution in [0.1, 0.15) is 17.3 Å². The Kier molecular flexibility index (Phi) is 4.90. The van der Waals surface area contributed by atoms with Crippen molar-refractivity contribution >= 4 is 17.5 Å². The van der Waals surface area contributed by atoms with Gasteiger partial charge in [0.05, 0.1) is 0 Å². The standard InChI is InChI=1S/C16H14F2N2O3/c1-9(23-14-7-4-11(17)8-13(14)18)16(22)20-12-5-2-10(3-6-12)15(19)21/h2-9H,1H3,(H2,19,21)(H,20,22). The monoisotopic (exact) mass is 320 g/mol. The Morgan fingerprint density at radius 2 is 1.78 bits per heavy atom. The zero-order valence-electron chi connectivity index (χ0n) is 12.2. The zero-order chi connectivity index (χ0) is 17.0. The number of primary amides is 1. The first-order valence-corrected chi connectivity index (χ1v) is 6.69. The number of nitrogens with one attached hydrogen (secondary N) is 1. The number of halogens is 2. The van der Waals surface area contributed by atoms with Gasteiger partial charge in [0.25, 0.3) is 5.91 Å². The average Bonchev–Trinajstić information content (AvgIpc) is 2.50. The molecule has 0 radical (unpaired) electrons. The van der Waals surface area contributed by atoms with Gasteiger partial charge in [-0.05, 0) is 43.3 Å². The summed E-state index contributed by atoms with van der Waals surface area (Å²) in [7, 11) is 0. The summed E-state index contributed by atoms with van der Waals surface area (Å²) in [6, 6.07) is 8.74. The third-order valence-corrected chi connectivity index (χ3v) is 3.00. The lowest BCUT2D eigenvalue weighted by atomic mass is 10.2. The molecular formula is C16H14F2N2O3. The fraction of sp³-hybridized carbons (Fsp3) is 0.125. The molecule has 0 spiro atoms. The second-order valence-electron chi connectivity index (χ2n) is 4.77. The van der Waals surface area contributed by atoms with Gasteiger partial charge in [-0.2, -0.15) is 0 Å². The predicted molar refractivity (Wildman–Crippen MR) is 80.0 cm³/mol. The SMILES string of the molecule is CC(Oc1ccc(F)cc1F)C(=O)Nc1ccc(C(N)=O)cc1. The molecule has 0 bridgehead atoms. The van der Waals surface area contributed by atoms with E-state index in [9.17, 15) is 18.4 Å². The van der Waals surface area contributed by atoms with Crippen LogP contribution in [0.5, 0.6) is 5.75 Å². The van der Waals surface area contributed by atoms with E-state index >= 15 is 0 Å². The number of carbonyl (C=O) groups excluding carboxylic acids is 2. The van der Waals surface area contributed by atoms with Crippen molar-refractivity contribution in [2.45, 2.75) is 13.0 Å². The highest BCUT2D eigenvalue weighted by molar-refractivity contribution is 5.96. The van der Waals surface area contributed by atoms with Gasteiger partial charge in [0.15, 0.2) is 17.7 Å². The molecule has 3 N–H and O–H groups in total. The Bertz CT molecular complexity index is 733. The number of anilines is 1. The second-order valence-corrected chi connectivity index (χ2v) is 4.77. The van der Waals surface area contributed by atoms with Crippen LogP contribution in [-0.4, -0.2) is 17.9 Å². The van der Waals surface area contributed by atoms with Gasteiger partial charge in [-0.3, -0.25) is 9.59 Å². The van der Waals surface area contributed by atoms with Gasteiger partial charge in [-0.15, -0.1) is 0 Å². The Balaban J connectivity index is 2.00. The molecule has 0 aliphatic heterocycles. The summed E-state index contributed by atoms with van der Waals surface area (Å²) in [4.78, 5) is 22.9. The van der Waals surface area contributed by atoms with Crippen LogP contribution in [0.25, 0.3) is 0 Å². The summed E-state index contributed by atoms with van der Waals surface area (Å²) in [5.41, 5.74) is 5.85. The molecule has 120 valence electrons. The normalized spacial score (nSPS) is 11.6. The van der Waals surface area contributed by atoms with Crippen LogP contribution in [0.2, 0.25) is 0 Å². The molecule has 0 aliphatic carbocycles. The Morgan fingerprint density at radius 3 is 2.35 bits per heavy atom. The highest BCUT2D eigenvalue weighted by atomic mass is 19.1. The number of benzene rings is 2. The molecule has 1 unspecified atom stereocenters. The van der Waals surface area contributed by atoms with E-state index in [1.54, 1.807) is 0 Å². The molecule has 0 aromatic heterocycles. The van der Waals surface area contributed by atoms with E-state index in [4.69, 9.17) is 10.5 Å². The predicted octanol–water partition coefficient (Wildman–Crippen LogP) is 2.47. The maximum atomic E-state index is 13.5. The number of hydrogen-bond donors (Lipinski definition) is 2. The van der Waals surface area contributed by atoms with E-state index in [1.165, 1.54) is 31.2 Å². The second kappa shape index (κ2) is 6.87. The molecular weight excluding hydrogens is 306 g/mol. The van der Waals surface area contributed by atoms with Gasteiger partial charge in [-0.25, -0.2) is 8.78 Å². The Labute approximate surface area is 131 Å². The first-order valence-electron chi connectivity index (χ1n) is 6.69. The number of carbonyl (C=O) groups is 2. The van der Waals surface area contributed by atoms with Crippen molar-refractivity contribution in [2.75, 3.05) is 5.32 Å². The molecule has 2 aromatic carbocycles. The fourth-order valence-corrected chi connectivity index (χ4v) is 1.78. The van der Waals surface area contributed by atoms with Crippen LogP contribution in [0.3, 0.4) is 0 Å². The van der Waals surface area contributed by atoms with Crippen LogP contribution in [0.4, 0.5) is 14.5 Å². The van der Waals surface area contributed by atoms with Crippen LogP contribution in [0.15, 0.2) is 42.5 Å². The average molecular weight is 320 g/mol. The summed E-state index contributed by atoms with van der Waals surface area (Å²) in [6.07, 6.45) is -1.01. The number of hydrogen-bond acceptors (Lipinski definition) is 3. The van der Waals surface area contributed by atoms with Crippen molar-refractivity contribution in [3.05, 3.63) is 59.7 Å². The van der Waals surface area contributed by atoms with Gasteiger partial charge in [0, 0.05) is 17.3 Å².